The summed E-state index contributed by atoms with van der Waals surface area (Å²) in [5.74, 6) is 0.547. The molecule has 0 spiro atoms. The minimum atomic E-state index is -0.257. The number of amides is 1. The Morgan fingerprint density at radius 2 is 1.93 bits per heavy atom. The molecule has 2 aromatic carbocycles. The van der Waals surface area contributed by atoms with Crippen molar-refractivity contribution in [1.82, 2.24) is 19.9 Å². The number of aromatic amines is 2. The number of H-pyrrole nitrogens is 2. The van der Waals surface area contributed by atoms with Crippen LogP contribution < -0.4 is 15.6 Å². The Kier molecular flexibility index (Phi) is 5.41. The highest BCUT2D eigenvalue weighted by molar-refractivity contribution is 7.71. The summed E-state index contributed by atoms with van der Waals surface area (Å²) in [5.41, 5.74) is 2.63. The molecule has 30 heavy (non-hydrogen) atoms. The van der Waals surface area contributed by atoms with Gasteiger partial charge in [-0.2, -0.15) is 0 Å². The second kappa shape index (κ2) is 8.16. The first-order valence-corrected chi connectivity index (χ1v) is 10.1. The van der Waals surface area contributed by atoms with Crippen LogP contribution in [0.4, 0.5) is 0 Å². The van der Waals surface area contributed by atoms with Crippen LogP contribution in [-0.2, 0) is 11.3 Å². The van der Waals surface area contributed by atoms with Crippen LogP contribution in [0.2, 0.25) is 0 Å². The van der Waals surface area contributed by atoms with E-state index in [4.69, 9.17) is 17.0 Å². The third-order valence-corrected chi connectivity index (χ3v) is 5.50. The monoisotopic (exact) mass is 422 g/mol. The van der Waals surface area contributed by atoms with E-state index in [2.05, 4.69) is 15.3 Å². The third-order valence-electron chi connectivity index (χ3n) is 5.18. The van der Waals surface area contributed by atoms with E-state index in [1.54, 1.807) is 7.11 Å². The lowest BCUT2D eigenvalue weighted by atomic mass is 10.1. The summed E-state index contributed by atoms with van der Waals surface area (Å²) >= 11 is 5.40. The molecule has 4 aromatic rings. The summed E-state index contributed by atoms with van der Waals surface area (Å²) in [5, 5.41) is 3.78. The third kappa shape index (κ3) is 3.73. The summed E-state index contributed by atoms with van der Waals surface area (Å²) in [6, 6.07) is 15.1. The lowest BCUT2D eigenvalue weighted by molar-refractivity contribution is -0.122. The average molecular weight is 423 g/mol. The number of carbonyl (C=O) groups is 1. The largest absolute Gasteiger partial charge is 0.497 e. The second-order valence-electron chi connectivity index (χ2n) is 7.12. The van der Waals surface area contributed by atoms with E-state index in [1.165, 1.54) is 4.57 Å². The van der Waals surface area contributed by atoms with Crippen molar-refractivity contribution in [2.75, 3.05) is 7.11 Å². The highest BCUT2D eigenvalue weighted by atomic mass is 32.1. The smallest absolute Gasteiger partial charge is 0.278 e. The number of nitrogens with zero attached hydrogens (tertiary/aromatic N) is 1. The van der Waals surface area contributed by atoms with E-state index in [9.17, 15) is 9.59 Å². The molecule has 2 aromatic heterocycles. The zero-order valence-electron chi connectivity index (χ0n) is 16.7. The molecule has 7 nitrogen and oxygen atoms in total. The van der Waals surface area contributed by atoms with Crippen LogP contribution in [0.1, 0.15) is 24.9 Å². The number of nitrogens with one attached hydrogen (secondary N) is 3. The number of aromatic nitrogens is 3. The van der Waals surface area contributed by atoms with Gasteiger partial charge in [-0.15, -0.1) is 0 Å². The number of benzene rings is 2. The molecule has 1 atom stereocenters. The van der Waals surface area contributed by atoms with Crippen LogP contribution in [0.15, 0.2) is 53.3 Å². The van der Waals surface area contributed by atoms with E-state index < -0.39 is 0 Å². The van der Waals surface area contributed by atoms with Crippen LogP contribution in [0, 0.1) is 4.77 Å². The van der Waals surface area contributed by atoms with Gasteiger partial charge in [0.1, 0.15) is 11.3 Å². The van der Waals surface area contributed by atoms with E-state index in [1.807, 2.05) is 55.5 Å². The standard InChI is InChI=1S/C22H22N4O3S/c1-13(14-6-4-3-5-7-14)23-18(27)10-11-26-21(28)20-19(25-22(26)30)16-12-15(29-2)8-9-17(16)24-20/h3-9,12-13,24H,10-11H2,1-2H3,(H,23,27)(H,25,30)/t13-/m0/s1. The van der Waals surface area contributed by atoms with Crippen molar-refractivity contribution in [3.63, 3.8) is 0 Å². The van der Waals surface area contributed by atoms with Gasteiger partial charge in [0.15, 0.2) is 4.77 Å². The van der Waals surface area contributed by atoms with Crippen molar-refractivity contribution in [3.8, 4) is 5.75 Å². The minimum Gasteiger partial charge on any atom is -0.497 e. The Morgan fingerprint density at radius 1 is 1.17 bits per heavy atom. The molecule has 0 saturated carbocycles. The van der Waals surface area contributed by atoms with Crippen LogP contribution in [0.5, 0.6) is 5.75 Å². The molecule has 0 unspecified atom stereocenters. The predicted octanol–water partition coefficient (Wildman–Crippen LogP) is 3.82. The normalized spacial score (nSPS) is 12.2. The molecule has 0 radical (unpaired) electrons. The molecule has 0 fully saturated rings. The summed E-state index contributed by atoms with van der Waals surface area (Å²) in [4.78, 5) is 31.7. The lowest BCUT2D eigenvalue weighted by Crippen LogP contribution is -2.30. The van der Waals surface area contributed by atoms with Crippen molar-refractivity contribution in [1.29, 1.82) is 0 Å². The fourth-order valence-corrected chi connectivity index (χ4v) is 3.82. The van der Waals surface area contributed by atoms with Gasteiger partial charge in [0.2, 0.25) is 5.91 Å². The SMILES string of the molecule is COc1ccc2[nH]c3c(=O)n(CCC(=O)N[C@@H](C)c4ccccc4)c(=S)[nH]c3c2c1. The first-order chi connectivity index (χ1) is 14.5. The Labute approximate surface area is 177 Å². The number of carbonyl (C=O) groups excluding carboxylic acids is 1. The van der Waals surface area contributed by atoms with Crippen molar-refractivity contribution in [2.24, 2.45) is 0 Å². The van der Waals surface area contributed by atoms with Gasteiger partial charge in [-0.05, 0) is 42.9 Å². The maximum atomic E-state index is 13.0. The molecule has 0 aliphatic carbocycles. The van der Waals surface area contributed by atoms with Crippen molar-refractivity contribution < 1.29 is 9.53 Å². The van der Waals surface area contributed by atoms with Gasteiger partial charge < -0.3 is 20.0 Å². The van der Waals surface area contributed by atoms with E-state index >= 15 is 0 Å². The van der Waals surface area contributed by atoms with E-state index in [0.717, 1.165) is 16.5 Å². The molecule has 0 saturated heterocycles. The highest BCUT2D eigenvalue weighted by Gasteiger charge is 2.14. The molecular formula is C22H22N4O3S. The minimum absolute atomic E-state index is 0.115. The first-order valence-electron chi connectivity index (χ1n) is 9.65. The van der Waals surface area contributed by atoms with Gasteiger partial charge in [-0.1, -0.05) is 30.3 Å². The number of ether oxygens (including phenoxy) is 1. The number of hydrogen-bond acceptors (Lipinski definition) is 4. The molecule has 0 aliphatic rings. The van der Waals surface area contributed by atoms with Crippen LogP contribution in [0.3, 0.4) is 0 Å². The van der Waals surface area contributed by atoms with Crippen LogP contribution in [0.25, 0.3) is 21.9 Å². The fourth-order valence-electron chi connectivity index (χ4n) is 3.54. The summed E-state index contributed by atoms with van der Waals surface area (Å²) in [6.45, 7) is 2.12. The maximum absolute atomic E-state index is 13.0. The van der Waals surface area contributed by atoms with E-state index in [-0.39, 0.29) is 35.2 Å². The zero-order chi connectivity index (χ0) is 21.3. The van der Waals surface area contributed by atoms with Gasteiger partial charge in [-0.3, -0.25) is 14.2 Å². The molecule has 0 bridgehead atoms. The average Bonchev–Trinajstić information content (AvgIpc) is 3.12. The molecule has 1 amide bonds. The quantitative estimate of drug-likeness (QED) is 0.412. The molecule has 3 N–H and O–H groups in total. The van der Waals surface area contributed by atoms with Gasteiger partial charge in [0.05, 0.1) is 18.7 Å². The topological polar surface area (TPSA) is 91.9 Å². The lowest BCUT2D eigenvalue weighted by Gasteiger charge is -2.14. The molecule has 0 aliphatic heterocycles. The second-order valence-corrected chi connectivity index (χ2v) is 7.51. The summed E-state index contributed by atoms with van der Waals surface area (Å²) in [6.07, 6.45) is 0.147. The van der Waals surface area contributed by atoms with Crippen LogP contribution >= 0.6 is 12.2 Å². The molecule has 4 rings (SSSR count). The van der Waals surface area contributed by atoms with E-state index in [0.29, 0.717) is 16.8 Å². The predicted molar refractivity (Wildman–Crippen MR) is 119 cm³/mol. The van der Waals surface area contributed by atoms with Gasteiger partial charge in [0, 0.05) is 23.9 Å². The Balaban J connectivity index is 1.57. The highest BCUT2D eigenvalue weighted by Crippen LogP contribution is 2.25. The zero-order valence-corrected chi connectivity index (χ0v) is 17.5. The van der Waals surface area contributed by atoms with Gasteiger partial charge in [0.25, 0.3) is 5.56 Å². The van der Waals surface area contributed by atoms with Gasteiger partial charge >= 0.3 is 0 Å². The number of rotatable bonds is 6. The molecular weight excluding hydrogens is 400 g/mol. The Bertz CT molecular complexity index is 1340. The Morgan fingerprint density at radius 3 is 2.67 bits per heavy atom. The molecule has 154 valence electrons. The van der Waals surface area contributed by atoms with Crippen molar-refractivity contribution in [3.05, 3.63) is 69.2 Å². The Hall–Kier alpha value is -3.39. The maximum Gasteiger partial charge on any atom is 0.278 e. The number of methoxy groups -OCH3 is 1. The van der Waals surface area contributed by atoms with Crippen molar-refractivity contribution >= 4 is 40.1 Å². The number of hydrogen-bond donors (Lipinski definition) is 3. The van der Waals surface area contributed by atoms with Gasteiger partial charge in [-0.25, -0.2) is 0 Å². The molecule has 2 heterocycles. The first kappa shape index (κ1) is 19.9. The van der Waals surface area contributed by atoms with Crippen molar-refractivity contribution in [2.45, 2.75) is 25.9 Å². The van der Waals surface area contributed by atoms with Crippen LogP contribution in [-0.4, -0.2) is 27.6 Å². The number of fused-ring (bicyclic) bond motifs is 3. The molecule has 8 heteroatoms. The fraction of sp³-hybridized carbons (Fsp3) is 0.227. The summed E-state index contributed by atoms with van der Waals surface area (Å²) < 4.78 is 6.96. The summed E-state index contributed by atoms with van der Waals surface area (Å²) in [7, 11) is 1.59.